The first kappa shape index (κ1) is 98.7. The number of nitrogen functional groups attached to an aromatic ring is 4. The van der Waals surface area contributed by atoms with Crippen LogP contribution in [0.3, 0.4) is 0 Å². The summed E-state index contributed by atoms with van der Waals surface area (Å²) in [6.07, 6.45) is 4.64. The molecule has 2 aliphatic rings. The van der Waals surface area contributed by atoms with Crippen molar-refractivity contribution in [3.63, 3.8) is 0 Å². The Bertz CT molecular complexity index is 6330. The van der Waals surface area contributed by atoms with Crippen LogP contribution in [-0.4, -0.2) is 116 Å². The van der Waals surface area contributed by atoms with Gasteiger partial charge >= 0.3 is 0 Å². The standard InChI is InChI=1S/C26H29F3N6O2.C26H30FN5O2.C25H30FN5O2.C21H22FN5O2/c1-14(2)34-12-20(26(28,29)13-34)35-23(30)21(24(31)36)22(33-35)17-7-5-16(6-8-17)11-32-25(37)19-10-18(27)9-4-15(19)3;1-15-7-12-20(27)13-21(15)26(34)30-14-17-8-10-19(11-9-17)23-22(25(29)33)24(28)32(31-23)16(2)18-5-3-4-6-18;1-14-6-11-18(26)12-19(14)24(33)29-13-16-7-9-17(10-8-16)21-20(23(28)32)22(27)31(30-21)15(2)25(3,4)5;1-3-27-19(23)17(20(24)28)18(26-27)14-7-5-13(6-8-14)11-25-21(29)16-10-15(22)9-4-12(16)2/h4-10,14,20H,11-13,30H2,1-3H3,(H2,31,36)(H,32,37);7-13,16,18H,3-6,14,28H2,1-2H3,(H2,29,33)(H,30,34);6-12,15H,13,27H2,1-5H3,(H2,28,32)(H,29,33);4-10H,3,11,23H2,1-2H3,(H2,24,28)(H,25,29). The van der Waals surface area contributed by atoms with Crippen molar-refractivity contribution in [3.05, 3.63) is 282 Å². The van der Waals surface area contributed by atoms with Crippen molar-refractivity contribution in [1.82, 2.24) is 65.3 Å². The molecule has 0 spiro atoms. The molecule has 1 saturated carbocycles. The van der Waals surface area contributed by atoms with Gasteiger partial charge in [0.25, 0.3) is 53.2 Å². The summed E-state index contributed by atoms with van der Waals surface area (Å²) in [5.41, 5.74) is 58.4. The number of anilines is 4. The van der Waals surface area contributed by atoms with Gasteiger partial charge in [-0.25, -0.2) is 45.1 Å². The SMILES string of the molecule is CCn1nc(-c2ccc(CNC(=O)c3cc(F)ccc3C)cc2)c(C(N)=O)c1N.Cc1ccc(F)cc1C(=O)NCc1ccc(-c2nn(C(C)C(C)(C)C)c(N)c2C(N)=O)cc1.Cc1ccc(F)cc1C(=O)NCc1ccc(-c2nn(C(C)C3CCCC3)c(N)c2C(N)=O)cc1.Cc1ccc(F)cc1C(=O)NCc1ccc(-c2nn(C3CN(C(C)C)CC3(F)F)c(N)c2C(N)=O)cc1. The van der Waals surface area contributed by atoms with Crippen LogP contribution in [0.1, 0.15) is 227 Å². The molecule has 3 unspecified atom stereocenters. The number of nitrogens with zero attached hydrogens (tertiary/aromatic N) is 9. The third-order valence-electron chi connectivity index (χ3n) is 24.0. The number of aromatic nitrogens is 8. The van der Waals surface area contributed by atoms with E-state index in [1.54, 1.807) is 121 Å². The van der Waals surface area contributed by atoms with E-state index < -0.39 is 71.3 Å². The highest BCUT2D eigenvalue weighted by molar-refractivity contribution is 6.06. The van der Waals surface area contributed by atoms with E-state index in [0.717, 1.165) is 34.2 Å². The van der Waals surface area contributed by atoms with Crippen LogP contribution in [0, 0.1) is 62.3 Å². The first-order valence-electron chi connectivity index (χ1n) is 43.2. The summed E-state index contributed by atoms with van der Waals surface area (Å²) >= 11 is 0. The number of aryl methyl sites for hydroxylation is 5. The lowest BCUT2D eigenvalue weighted by atomic mass is 9.88. The van der Waals surface area contributed by atoms with Crippen molar-refractivity contribution in [2.45, 2.75) is 172 Å². The summed E-state index contributed by atoms with van der Waals surface area (Å²) in [7, 11) is 0. The Morgan fingerprint density at radius 3 is 1.02 bits per heavy atom. The van der Waals surface area contributed by atoms with Crippen LogP contribution >= 0.6 is 0 Å². The van der Waals surface area contributed by atoms with Gasteiger partial charge in [0, 0.05) is 89.8 Å². The van der Waals surface area contributed by atoms with E-state index in [0.29, 0.717) is 102 Å². The average molecular weight is 1830 g/mol. The Balaban J connectivity index is 0.000000171. The maximum atomic E-state index is 14.9. The number of alkyl halides is 2. The predicted molar refractivity (Wildman–Crippen MR) is 499 cm³/mol. The molecule has 35 heteroatoms. The molecule has 1 saturated heterocycles. The number of carbonyl (C=O) groups is 8. The number of nitrogens with two attached hydrogens (primary N) is 8. The van der Waals surface area contributed by atoms with E-state index in [1.165, 1.54) is 72.1 Å². The molecule has 20 N–H and O–H groups in total. The first-order chi connectivity index (χ1) is 62.8. The number of carbonyl (C=O) groups excluding carboxylic acids is 8. The van der Waals surface area contributed by atoms with Gasteiger partial charge in [0.2, 0.25) is 0 Å². The quantitative estimate of drug-likeness (QED) is 0.0224. The van der Waals surface area contributed by atoms with Crippen molar-refractivity contribution in [1.29, 1.82) is 0 Å². The number of likely N-dealkylation sites (tertiary alicyclic amines) is 1. The van der Waals surface area contributed by atoms with Gasteiger partial charge in [0.1, 0.15) is 97.6 Å². The molecular formula is C98H111F6N21O8. The Hall–Kier alpha value is -14.9. The second-order valence-electron chi connectivity index (χ2n) is 34.5. The number of rotatable bonds is 26. The highest BCUT2D eigenvalue weighted by Crippen LogP contribution is 2.43. The zero-order valence-corrected chi connectivity index (χ0v) is 76.0. The fraction of sp³-hybridized carbons (Fsp3) is 0.306. The van der Waals surface area contributed by atoms with Gasteiger partial charge in [-0.2, -0.15) is 20.4 Å². The van der Waals surface area contributed by atoms with E-state index in [-0.39, 0.29) is 125 Å². The van der Waals surface area contributed by atoms with E-state index in [1.807, 2.05) is 64.1 Å². The summed E-state index contributed by atoms with van der Waals surface area (Å²) in [6.45, 7) is 23.8. The lowest BCUT2D eigenvalue weighted by Gasteiger charge is -2.28. The fourth-order valence-electron chi connectivity index (χ4n) is 15.7. The minimum Gasteiger partial charge on any atom is -0.383 e. The molecule has 2 fully saturated rings. The highest BCUT2D eigenvalue weighted by Gasteiger charge is 2.51. The molecule has 29 nitrogen and oxygen atoms in total. The van der Waals surface area contributed by atoms with Crippen molar-refractivity contribution in [2.24, 2.45) is 34.3 Å². The molecule has 0 bridgehead atoms. The second-order valence-corrected chi connectivity index (χ2v) is 34.5. The van der Waals surface area contributed by atoms with Crippen molar-refractivity contribution in [3.8, 4) is 45.0 Å². The van der Waals surface area contributed by atoms with Gasteiger partial charge in [-0.3, -0.25) is 43.3 Å². The molecule has 133 heavy (non-hydrogen) atoms. The average Bonchev–Trinajstić information content (AvgIpc) is 1.61. The largest absolute Gasteiger partial charge is 0.383 e. The van der Waals surface area contributed by atoms with Gasteiger partial charge in [0.15, 0.2) is 0 Å². The zero-order valence-electron chi connectivity index (χ0n) is 76.0. The third-order valence-corrected chi connectivity index (χ3v) is 24.0. The predicted octanol–water partition coefficient (Wildman–Crippen LogP) is 14.7. The van der Waals surface area contributed by atoms with Crippen LogP contribution in [0.25, 0.3) is 45.0 Å². The van der Waals surface area contributed by atoms with Crippen LogP contribution in [0.2, 0.25) is 0 Å². The Morgan fingerprint density at radius 2 is 0.714 bits per heavy atom. The molecule has 1 aliphatic heterocycles. The van der Waals surface area contributed by atoms with E-state index in [9.17, 15) is 64.7 Å². The van der Waals surface area contributed by atoms with E-state index in [4.69, 9.17) is 51.0 Å². The maximum absolute atomic E-state index is 14.9. The van der Waals surface area contributed by atoms with Gasteiger partial charge in [-0.05, 0) is 180 Å². The van der Waals surface area contributed by atoms with E-state index >= 15 is 0 Å². The first-order valence-corrected chi connectivity index (χ1v) is 43.2. The Morgan fingerprint density at radius 1 is 0.421 bits per heavy atom. The lowest BCUT2D eigenvalue weighted by molar-refractivity contribution is -0.0257. The summed E-state index contributed by atoms with van der Waals surface area (Å²) in [4.78, 5) is 99.7. The number of nitrogens with one attached hydrogen (secondary N) is 4. The monoisotopic (exact) mass is 1820 g/mol. The zero-order chi connectivity index (χ0) is 97.1. The smallest absolute Gasteiger partial charge is 0.283 e. The topological polar surface area (TPSA) is 467 Å². The van der Waals surface area contributed by atoms with Gasteiger partial charge in [0.05, 0.1) is 18.6 Å². The van der Waals surface area contributed by atoms with Crippen LogP contribution in [0.4, 0.5) is 49.6 Å². The normalized spacial score (nSPS) is 14.0. The Kier molecular flexibility index (Phi) is 31.1. The second kappa shape index (κ2) is 41.9. The molecule has 1 aliphatic carbocycles. The molecule has 14 rings (SSSR count). The minimum absolute atomic E-state index is 0.0254. The Labute approximate surface area is 765 Å². The number of hydrogen-bond donors (Lipinski definition) is 12. The van der Waals surface area contributed by atoms with Gasteiger partial charge < -0.3 is 67.1 Å². The van der Waals surface area contributed by atoms with Gasteiger partial charge in [-0.15, -0.1) is 0 Å². The number of benzene rings is 8. The molecule has 0 radical (unpaired) electrons. The van der Waals surface area contributed by atoms with Crippen molar-refractivity contribution in [2.75, 3.05) is 36.0 Å². The molecule has 5 heterocycles. The van der Waals surface area contributed by atoms with Crippen molar-refractivity contribution < 1.29 is 64.7 Å². The molecule has 8 aromatic carbocycles. The van der Waals surface area contributed by atoms with Crippen LogP contribution < -0.4 is 67.1 Å². The molecule has 8 amide bonds. The number of hydrogen-bond acceptors (Lipinski definition) is 17. The fourth-order valence-corrected chi connectivity index (χ4v) is 15.7. The van der Waals surface area contributed by atoms with Crippen molar-refractivity contribution >= 4 is 70.5 Å². The van der Waals surface area contributed by atoms with Crippen LogP contribution in [0.5, 0.6) is 0 Å². The minimum atomic E-state index is -3.10. The highest BCUT2D eigenvalue weighted by atomic mass is 19.3. The number of halogens is 6. The molecule has 698 valence electrons. The summed E-state index contributed by atoms with van der Waals surface area (Å²) in [5.74, 6) is -8.17. The molecule has 12 aromatic rings. The molecular weight excluding hydrogens is 1710 g/mol. The summed E-state index contributed by atoms with van der Waals surface area (Å²) in [6, 6.07) is 43.3. The van der Waals surface area contributed by atoms with Gasteiger partial charge in [-0.1, -0.05) is 155 Å². The van der Waals surface area contributed by atoms with Crippen LogP contribution in [0.15, 0.2) is 170 Å². The molecule has 3 atom stereocenters. The molecule has 4 aromatic heterocycles. The summed E-state index contributed by atoms with van der Waals surface area (Å²) in [5, 5.41) is 29.1. The third kappa shape index (κ3) is 23.1. The number of primary amides is 4. The lowest BCUT2D eigenvalue weighted by Crippen LogP contribution is -2.32. The number of amides is 8. The van der Waals surface area contributed by atoms with Crippen LogP contribution in [-0.2, 0) is 32.7 Å². The maximum Gasteiger partial charge on any atom is 0.283 e. The van der Waals surface area contributed by atoms with E-state index in [2.05, 4.69) is 64.3 Å². The summed E-state index contributed by atoms with van der Waals surface area (Å²) < 4.78 is 89.5.